The van der Waals surface area contributed by atoms with Crippen LogP contribution in [0.4, 0.5) is 0 Å². The van der Waals surface area contributed by atoms with Gasteiger partial charge in [0.15, 0.2) is 12.7 Å². The van der Waals surface area contributed by atoms with Crippen LogP contribution in [0, 0.1) is 0 Å². The molecule has 2 aromatic rings. The molecule has 0 saturated carbocycles. The van der Waals surface area contributed by atoms with E-state index >= 15 is 0 Å². The summed E-state index contributed by atoms with van der Waals surface area (Å²) < 4.78 is 2.32. The molecule has 1 aliphatic heterocycles. The monoisotopic (exact) mass is 182 g/mol. The molecule has 14 heavy (non-hydrogen) atoms. The normalized spacial score (nSPS) is 14.3. The molecule has 1 heteroatoms. The Bertz CT molecular complexity index is 512. The number of fused-ring (bicyclic) bond motifs is 2. The van der Waals surface area contributed by atoms with Gasteiger partial charge in [0, 0.05) is 23.9 Å². The van der Waals surface area contributed by atoms with Gasteiger partial charge in [-0.05, 0) is 11.5 Å². The third-order valence-electron chi connectivity index (χ3n) is 2.75. The molecule has 0 N–H and O–H groups in total. The molecule has 0 fully saturated rings. The van der Waals surface area contributed by atoms with Crippen molar-refractivity contribution in [3.05, 3.63) is 48.3 Å². The fourth-order valence-corrected chi connectivity index (χ4v) is 2.00. The molecule has 0 atom stereocenters. The van der Waals surface area contributed by atoms with Crippen LogP contribution in [-0.2, 0) is 6.54 Å². The second kappa shape index (κ2) is 2.95. The Labute approximate surface area is 83.3 Å². The standard InChI is InChI=1S/C13H12N/c1-2-6-12-10-14-8-4-3-7-13(14)9-11(12)5-1/h1-3,5-7,9-10H,4,8H2/q+1. The molecule has 0 radical (unpaired) electrons. The van der Waals surface area contributed by atoms with Crippen LogP contribution in [0.15, 0.2) is 42.6 Å². The van der Waals surface area contributed by atoms with E-state index in [0.29, 0.717) is 0 Å². The Balaban J connectivity index is 2.34. The second-order valence-corrected chi connectivity index (χ2v) is 3.71. The largest absolute Gasteiger partial charge is 0.205 e. The maximum atomic E-state index is 2.32. The minimum absolute atomic E-state index is 1.11. The van der Waals surface area contributed by atoms with Gasteiger partial charge in [-0.3, -0.25) is 0 Å². The molecule has 1 aromatic heterocycles. The summed E-state index contributed by atoms with van der Waals surface area (Å²) in [5.41, 5.74) is 1.31. The molecule has 0 bridgehead atoms. The summed E-state index contributed by atoms with van der Waals surface area (Å²) in [6.07, 6.45) is 7.84. The van der Waals surface area contributed by atoms with Crippen molar-refractivity contribution in [1.29, 1.82) is 0 Å². The zero-order valence-electron chi connectivity index (χ0n) is 7.98. The first-order chi connectivity index (χ1) is 6.93. The van der Waals surface area contributed by atoms with Crippen LogP contribution in [0.25, 0.3) is 16.8 Å². The van der Waals surface area contributed by atoms with Crippen molar-refractivity contribution in [1.82, 2.24) is 0 Å². The van der Waals surface area contributed by atoms with Crippen LogP contribution in [-0.4, -0.2) is 0 Å². The molecule has 2 heterocycles. The van der Waals surface area contributed by atoms with E-state index in [1.165, 1.54) is 16.5 Å². The Morgan fingerprint density at radius 2 is 1.93 bits per heavy atom. The van der Waals surface area contributed by atoms with E-state index in [2.05, 4.69) is 53.2 Å². The Morgan fingerprint density at radius 1 is 1.07 bits per heavy atom. The highest BCUT2D eigenvalue weighted by molar-refractivity contribution is 5.82. The number of hydrogen-bond acceptors (Lipinski definition) is 0. The van der Waals surface area contributed by atoms with Crippen LogP contribution >= 0.6 is 0 Å². The third-order valence-corrected chi connectivity index (χ3v) is 2.75. The van der Waals surface area contributed by atoms with Crippen LogP contribution < -0.4 is 4.57 Å². The van der Waals surface area contributed by atoms with Gasteiger partial charge in [-0.2, -0.15) is 4.57 Å². The van der Waals surface area contributed by atoms with Crippen molar-refractivity contribution in [2.24, 2.45) is 0 Å². The lowest BCUT2D eigenvalue weighted by atomic mass is 10.1. The van der Waals surface area contributed by atoms with E-state index in [1.807, 2.05) is 0 Å². The van der Waals surface area contributed by atoms with E-state index < -0.39 is 0 Å². The number of aromatic nitrogens is 1. The van der Waals surface area contributed by atoms with Crippen LogP contribution in [0.2, 0.25) is 0 Å². The first-order valence-electron chi connectivity index (χ1n) is 5.02. The fraction of sp³-hybridized carbons (Fsp3) is 0.154. The van der Waals surface area contributed by atoms with E-state index in [-0.39, 0.29) is 0 Å². The first kappa shape index (κ1) is 7.74. The molecule has 0 aliphatic carbocycles. The van der Waals surface area contributed by atoms with Gasteiger partial charge in [-0.15, -0.1) is 0 Å². The minimum atomic E-state index is 1.11. The molecule has 68 valence electrons. The van der Waals surface area contributed by atoms with Gasteiger partial charge >= 0.3 is 0 Å². The summed E-state index contributed by atoms with van der Waals surface area (Å²) in [6, 6.07) is 10.8. The van der Waals surface area contributed by atoms with Crippen LogP contribution in [0.1, 0.15) is 12.1 Å². The average molecular weight is 182 g/mol. The molecule has 0 amide bonds. The van der Waals surface area contributed by atoms with Gasteiger partial charge in [0.1, 0.15) is 0 Å². The summed E-state index contributed by atoms with van der Waals surface area (Å²) in [6.45, 7) is 1.11. The summed E-state index contributed by atoms with van der Waals surface area (Å²) in [4.78, 5) is 0. The first-order valence-corrected chi connectivity index (χ1v) is 5.02. The van der Waals surface area contributed by atoms with Crippen molar-refractivity contribution in [3.8, 4) is 0 Å². The zero-order chi connectivity index (χ0) is 9.38. The van der Waals surface area contributed by atoms with E-state index in [1.54, 1.807) is 0 Å². The molecule has 1 aromatic carbocycles. The molecule has 0 spiro atoms. The van der Waals surface area contributed by atoms with Gasteiger partial charge < -0.3 is 0 Å². The smallest absolute Gasteiger partial charge is 0.198 e. The van der Waals surface area contributed by atoms with Gasteiger partial charge in [0.25, 0.3) is 0 Å². The lowest BCUT2D eigenvalue weighted by molar-refractivity contribution is -0.697. The maximum Gasteiger partial charge on any atom is 0.205 e. The molecular weight excluding hydrogens is 170 g/mol. The van der Waals surface area contributed by atoms with Crippen molar-refractivity contribution in [3.63, 3.8) is 0 Å². The van der Waals surface area contributed by atoms with Gasteiger partial charge in [0.2, 0.25) is 5.69 Å². The number of allylic oxidation sites excluding steroid dienone is 1. The number of hydrogen-bond donors (Lipinski definition) is 0. The van der Waals surface area contributed by atoms with Gasteiger partial charge in [-0.1, -0.05) is 24.3 Å². The highest BCUT2D eigenvalue weighted by Gasteiger charge is 2.12. The molecule has 0 saturated heterocycles. The molecular formula is C13H12N+. The maximum absolute atomic E-state index is 2.32. The van der Waals surface area contributed by atoms with Crippen molar-refractivity contribution >= 4 is 16.8 Å². The number of pyridine rings is 1. The quantitative estimate of drug-likeness (QED) is 0.551. The Kier molecular flexibility index (Phi) is 1.63. The van der Waals surface area contributed by atoms with Gasteiger partial charge in [-0.25, -0.2) is 0 Å². The Hall–Kier alpha value is -1.63. The minimum Gasteiger partial charge on any atom is -0.198 e. The number of benzene rings is 1. The van der Waals surface area contributed by atoms with Crippen molar-refractivity contribution in [2.75, 3.05) is 0 Å². The summed E-state index contributed by atoms with van der Waals surface area (Å²) >= 11 is 0. The topological polar surface area (TPSA) is 3.88 Å². The fourth-order valence-electron chi connectivity index (χ4n) is 2.00. The lowest BCUT2D eigenvalue weighted by Crippen LogP contribution is -2.38. The SMILES string of the molecule is C1=Cc2cc3ccccc3c[n+]2CC1. The summed E-state index contributed by atoms with van der Waals surface area (Å²) in [5.74, 6) is 0. The predicted molar refractivity (Wildman–Crippen MR) is 57.8 cm³/mol. The molecule has 1 aliphatic rings. The van der Waals surface area contributed by atoms with Gasteiger partial charge in [0.05, 0.1) is 0 Å². The van der Waals surface area contributed by atoms with E-state index in [4.69, 9.17) is 0 Å². The van der Waals surface area contributed by atoms with Crippen LogP contribution in [0.5, 0.6) is 0 Å². The highest BCUT2D eigenvalue weighted by atomic mass is 15.0. The van der Waals surface area contributed by atoms with E-state index in [0.717, 1.165) is 13.0 Å². The number of rotatable bonds is 0. The predicted octanol–water partition coefficient (Wildman–Crippen LogP) is 2.54. The molecule has 3 rings (SSSR count). The summed E-state index contributed by atoms with van der Waals surface area (Å²) in [7, 11) is 0. The lowest BCUT2D eigenvalue weighted by Gasteiger charge is -2.05. The van der Waals surface area contributed by atoms with Crippen molar-refractivity contribution < 1.29 is 4.57 Å². The summed E-state index contributed by atoms with van der Waals surface area (Å²) in [5, 5.41) is 2.65. The second-order valence-electron chi connectivity index (χ2n) is 3.71. The molecule has 0 unspecified atom stereocenters. The third kappa shape index (κ3) is 1.13. The average Bonchev–Trinajstić information content (AvgIpc) is 2.26. The van der Waals surface area contributed by atoms with Crippen molar-refractivity contribution in [2.45, 2.75) is 13.0 Å². The Morgan fingerprint density at radius 3 is 2.86 bits per heavy atom. The van der Waals surface area contributed by atoms with E-state index in [9.17, 15) is 0 Å². The highest BCUT2D eigenvalue weighted by Crippen LogP contribution is 2.14. The van der Waals surface area contributed by atoms with Crippen LogP contribution in [0.3, 0.4) is 0 Å². The number of nitrogens with zero attached hydrogens (tertiary/aromatic N) is 1. The molecule has 1 nitrogen and oxygen atoms in total. The zero-order valence-corrected chi connectivity index (χ0v) is 7.98. The number of aryl methyl sites for hydroxylation is 1.